The molecule has 6 nitrogen and oxygen atoms in total. The van der Waals surface area contributed by atoms with Crippen LogP contribution in [-0.4, -0.2) is 28.3 Å². The zero-order valence-electron chi connectivity index (χ0n) is 11.7. The number of aromatic nitrogens is 2. The van der Waals surface area contributed by atoms with E-state index in [4.69, 9.17) is 4.74 Å². The van der Waals surface area contributed by atoms with Gasteiger partial charge in [-0.15, -0.1) is 0 Å². The highest BCUT2D eigenvalue weighted by atomic mass is 16.5. The van der Waals surface area contributed by atoms with Gasteiger partial charge in [0.25, 0.3) is 0 Å². The van der Waals surface area contributed by atoms with Gasteiger partial charge in [-0.25, -0.2) is 4.79 Å². The summed E-state index contributed by atoms with van der Waals surface area (Å²) in [6.07, 6.45) is 2.41. The van der Waals surface area contributed by atoms with Gasteiger partial charge in [0.1, 0.15) is 5.56 Å². The molecule has 1 aromatic heterocycles. The minimum atomic E-state index is -0.471. The number of aryl methyl sites for hydroxylation is 1. The Bertz CT molecular complexity index is 519. The monoisotopic (exact) mass is 265 g/mol. The molecule has 0 bridgehead atoms. The molecule has 2 rings (SSSR count). The van der Waals surface area contributed by atoms with Gasteiger partial charge in [-0.1, -0.05) is 13.8 Å². The van der Waals surface area contributed by atoms with Crippen molar-refractivity contribution >= 4 is 17.7 Å². The fourth-order valence-corrected chi connectivity index (χ4v) is 2.06. The molecule has 1 heterocycles. The lowest BCUT2D eigenvalue weighted by atomic mass is 10.1. The number of nitrogens with one attached hydrogen (secondary N) is 1. The SMILES string of the molecule is CCOC(=O)c1cn(C)nc1NC(=O)C1CC1(C)C. The summed E-state index contributed by atoms with van der Waals surface area (Å²) in [6, 6.07) is 0. The van der Waals surface area contributed by atoms with Gasteiger partial charge in [0.2, 0.25) is 5.91 Å². The topological polar surface area (TPSA) is 73.2 Å². The zero-order valence-corrected chi connectivity index (χ0v) is 11.7. The summed E-state index contributed by atoms with van der Waals surface area (Å²) in [5, 5.41) is 6.81. The van der Waals surface area contributed by atoms with Crippen LogP contribution in [0.15, 0.2) is 6.20 Å². The summed E-state index contributed by atoms with van der Waals surface area (Å²) in [6.45, 7) is 6.11. The van der Waals surface area contributed by atoms with Crippen LogP contribution in [0.3, 0.4) is 0 Å². The smallest absolute Gasteiger partial charge is 0.343 e. The molecule has 1 aliphatic rings. The van der Waals surface area contributed by atoms with Crippen LogP contribution < -0.4 is 5.32 Å². The van der Waals surface area contributed by atoms with E-state index in [0.29, 0.717) is 0 Å². The van der Waals surface area contributed by atoms with Crippen molar-refractivity contribution < 1.29 is 14.3 Å². The molecular weight excluding hydrogens is 246 g/mol. The first-order valence-corrected chi connectivity index (χ1v) is 6.37. The third-order valence-electron chi connectivity index (χ3n) is 3.40. The third-order valence-corrected chi connectivity index (χ3v) is 3.40. The number of amides is 1. The Labute approximate surface area is 112 Å². The van der Waals surface area contributed by atoms with Gasteiger partial charge in [-0.3, -0.25) is 9.48 Å². The fourth-order valence-electron chi connectivity index (χ4n) is 2.06. The van der Waals surface area contributed by atoms with Crippen molar-refractivity contribution in [3.8, 4) is 0 Å². The Kier molecular flexibility index (Phi) is 3.34. The fraction of sp³-hybridized carbons (Fsp3) is 0.615. The average molecular weight is 265 g/mol. The summed E-state index contributed by atoms with van der Waals surface area (Å²) in [4.78, 5) is 23.8. The number of carbonyl (C=O) groups is 2. The molecule has 0 radical (unpaired) electrons. The van der Waals surface area contributed by atoms with E-state index in [1.165, 1.54) is 4.68 Å². The molecule has 1 saturated carbocycles. The highest BCUT2D eigenvalue weighted by Gasteiger charge is 2.50. The van der Waals surface area contributed by atoms with E-state index in [9.17, 15) is 9.59 Å². The molecule has 1 unspecified atom stereocenters. The van der Waals surface area contributed by atoms with Crippen molar-refractivity contribution in [2.75, 3.05) is 11.9 Å². The van der Waals surface area contributed by atoms with Crippen molar-refractivity contribution in [1.29, 1.82) is 0 Å². The number of rotatable bonds is 4. The summed E-state index contributed by atoms with van der Waals surface area (Å²) in [7, 11) is 1.69. The number of carbonyl (C=O) groups excluding carboxylic acids is 2. The molecular formula is C13H19N3O3. The number of nitrogens with zero attached hydrogens (tertiary/aromatic N) is 2. The molecule has 104 valence electrons. The summed E-state index contributed by atoms with van der Waals surface area (Å²) < 4.78 is 6.42. The van der Waals surface area contributed by atoms with Crippen molar-refractivity contribution in [2.45, 2.75) is 27.2 Å². The standard InChI is InChI=1S/C13H19N3O3/c1-5-19-12(18)8-7-16(4)15-10(8)14-11(17)9-6-13(9,2)3/h7,9H,5-6H2,1-4H3,(H,14,15,17). The van der Waals surface area contributed by atoms with Gasteiger partial charge < -0.3 is 10.1 Å². The maximum atomic E-state index is 12.0. The Morgan fingerprint density at radius 2 is 2.21 bits per heavy atom. The predicted octanol–water partition coefficient (Wildman–Crippen LogP) is 1.58. The van der Waals surface area contributed by atoms with E-state index >= 15 is 0 Å². The van der Waals surface area contributed by atoms with Gasteiger partial charge in [-0.05, 0) is 18.8 Å². The lowest BCUT2D eigenvalue weighted by molar-refractivity contribution is -0.118. The summed E-state index contributed by atoms with van der Waals surface area (Å²) >= 11 is 0. The summed E-state index contributed by atoms with van der Waals surface area (Å²) in [5.41, 5.74) is 0.333. The Balaban J connectivity index is 2.12. The maximum absolute atomic E-state index is 12.0. The molecule has 19 heavy (non-hydrogen) atoms. The molecule has 1 atom stereocenters. The Hall–Kier alpha value is -1.85. The molecule has 1 aromatic rings. The van der Waals surface area contributed by atoms with E-state index in [2.05, 4.69) is 10.4 Å². The highest BCUT2D eigenvalue weighted by molar-refractivity contribution is 6.01. The van der Waals surface area contributed by atoms with Gasteiger partial charge in [0, 0.05) is 19.2 Å². The zero-order chi connectivity index (χ0) is 14.2. The first-order chi connectivity index (χ1) is 8.85. The molecule has 1 fully saturated rings. The number of esters is 1. The molecule has 0 aliphatic heterocycles. The van der Waals surface area contributed by atoms with E-state index < -0.39 is 5.97 Å². The van der Waals surface area contributed by atoms with Gasteiger partial charge >= 0.3 is 5.97 Å². The first kappa shape index (κ1) is 13.6. The van der Waals surface area contributed by atoms with Crippen molar-refractivity contribution in [3.05, 3.63) is 11.8 Å². The second kappa shape index (κ2) is 4.68. The minimum absolute atomic E-state index is 0.00967. The Morgan fingerprint density at radius 1 is 1.58 bits per heavy atom. The number of hydrogen-bond donors (Lipinski definition) is 1. The summed E-state index contributed by atoms with van der Waals surface area (Å²) in [5.74, 6) is -0.298. The van der Waals surface area contributed by atoms with Crippen LogP contribution in [0.1, 0.15) is 37.6 Å². The number of anilines is 1. The molecule has 1 N–H and O–H groups in total. The number of hydrogen-bond acceptors (Lipinski definition) is 4. The quantitative estimate of drug-likeness (QED) is 0.839. The largest absolute Gasteiger partial charge is 0.462 e. The third kappa shape index (κ3) is 2.77. The van der Waals surface area contributed by atoms with Crippen LogP contribution in [0.2, 0.25) is 0 Å². The molecule has 0 aromatic carbocycles. The van der Waals surface area contributed by atoms with Crippen molar-refractivity contribution in [3.63, 3.8) is 0 Å². The van der Waals surface area contributed by atoms with Crippen molar-refractivity contribution in [1.82, 2.24) is 9.78 Å². The van der Waals surface area contributed by atoms with Crippen molar-refractivity contribution in [2.24, 2.45) is 18.4 Å². The van der Waals surface area contributed by atoms with Gasteiger partial charge in [-0.2, -0.15) is 5.10 Å². The van der Waals surface area contributed by atoms with Crippen LogP contribution in [0.4, 0.5) is 5.82 Å². The van der Waals surface area contributed by atoms with E-state index in [-0.39, 0.29) is 35.2 Å². The van der Waals surface area contributed by atoms with Gasteiger partial charge in [0.05, 0.1) is 6.61 Å². The average Bonchev–Trinajstić information content (AvgIpc) is 2.78. The lowest BCUT2D eigenvalue weighted by Gasteiger charge is -2.06. The van der Waals surface area contributed by atoms with E-state index in [1.54, 1.807) is 20.2 Å². The second-order valence-corrected chi connectivity index (χ2v) is 5.52. The van der Waals surface area contributed by atoms with Crippen LogP contribution in [-0.2, 0) is 16.6 Å². The molecule has 6 heteroatoms. The van der Waals surface area contributed by atoms with Crippen LogP contribution >= 0.6 is 0 Å². The first-order valence-electron chi connectivity index (χ1n) is 6.37. The lowest BCUT2D eigenvalue weighted by Crippen LogP contribution is -2.19. The molecule has 0 saturated heterocycles. The molecule has 1 amide bonds. The predicted molar refractivity (Wildman–Crippen MR) is 69.7 cm³/mol. The second-order valence-electron chi connectivity index (χ2n) is 5.52. The number of ether oxygens (including phenoxy) is 1. The van der Waals surface area contributed by atoms with E-state index in [1.807, 2.05) is 13.8 Å². The molecule has 1 aliphatic carbocycles. The normalized spacial score (nSPS) is 19.9. The highest BCUT2D eigenvalue weighted by Crippen LogP contribution is 2.52. The maximum Gasteiger partial charge on any atom is 0.343 e. The van der Waals surface area contributed by atoms with Crippen LogP contribution in [0.25, 0.3) is 0 Å². The van der Waals surface area contributed by atoms with Gasteiger partial charge in [0.15, 0.2) is 5.82 Å². The van der Waals surface area contributed by atoms with Crippen LogP contribution in [0.5, 0.6) is 0 Å². The molecule has 0 spiro atoms. The minimum Gasteiger partial charge on any atom is -0.462 e. The Morgan fingerprint density at radius 3 is 2.74 bits per heavy atom. The van der Waals surface area contributed by atoms with Crippen LogP contribution in [0, 0.1) is 11.3 Å². The van der Waals surface area contributed by atoms with E-state index in [0.717, 1.165) is 6.42 Å².